The van der Waals surface area contributed by atoms with Crippen molar-refractivity contribution in [1.29, 1.82) is 0 Å². The van der Waals surface area contributed by atoms with Crippen LogP contribution in [0.25, 0.3) is 0 Å². The number of nitrogens with one attached hydrogen (secondary N) is 1. The molecule has 2 rings (SSSR count). The van der Waals surface area contributed by atoms with Gasteiger partial charge < -0.3 is 10.1 Å². The molecular formula is C15H10F4N2O3S. The Labute approximate surface area is 143 Å². The smallest absolute Gasteiger partial charge is 0.341 e. The van der Waals surface area contributed by atoms with Crippen LogP contribution >= 0.6 is 11.8 Å². The van der Waals surface area contributed by atoms with Gasteiger partial charge in [0, 0.05) is 18.0 Å². The molecule has 0 saturated carbocycles. The number of aromatic nitrogens is 1. The highest BCUT2D eigenvalue weighted by Crippen LogP contribution is 2.26. The van der Waals surface area contributed by atoms with Crippen LogP contribution in [0.2, 0.25) is 0 Å². The number of esters is 1. The molecule has 0 fully saturated rings. The van der Waals surface area contributed by atoms with Crippen molar-refractivity contribution in [3.05, 3.63) is 53.7 Å². The highest BCUT2D eigenvalue weighted by molar-refractivity contribution is 7.99. The van der Waals surface area contributed by atoms with Crippen molar-refractivity contribution >= 4 is 29.3 Å². The number of ether oxygens (including phenoxy) is 1. The summed E-state index contributed by atoms with van der Waals surface area (Å²) in [6.45, 7) is -0.745. The summed E-state index contributed by atoms with van der Waals surface area (Å²) in [4.78, 5) is 27.2. The lowest BCUT2D eigenvalue weighted by Gasteiger charge is -2.09. The summed E-state index contributed by atoms with van der Waals surface area (Å²) in [5.74, 6) is -6.84. The Morgan fingerprint density at radius 1 is 1.20 bits per heavy atom. The lowest BCUT2D eigenvalue weighted by molar-refractivity contribution is -0.119. The first-order chi connectivity index (χ1) is 11.9. The molecule has 0 radical (unpaired) electrons. The predicted octanol–water partition coefficient (Wildman–Crippen LogP) is 3.47. The molecule has 0 spiro atoms. The number of nitrogens with zero attached hydrogens (tertiary/aromatic N) is 1. The molecule has 1 aromatic carbocycles. The zero-order chi connectivity index (χ0) is 18.4. The summed E-state index contributed by atoms with van der Waals surface area (Å²) in [5, 5.41) is 1.97. The van der Waals surface area contributed by atoms with Gasteiger partial charge in [-0.15, -0.1) is 0 Å². The first-order valence-corrected chi connectivity index (χ1v) is 7.56. The molecule has 10 heteroatoms. The van der Waals surface area contributed by atoms with Crippen LogP contribution in [0, 0.1) is 11.6 Å². The van der Waals surface area contributed by atoms with Crippen LogP contribution in [0.5, 0.6) is 0 Å². The quantitative estimate of drug-likeness (QED) is 0.476. The molecule has 0 saturated heterocycles. The second kappa shape index (κ2) is 8.47. The van der Waals surface area contributed by atoms with E-state index < -0.39 is 35.9 Å². The lowest BCUT2D eigenvalue weighted by atomic mass is 10.3. The fourth-order valence-electron chi connectivity index (χ4n) is 1.70. The van der Waals surface area contributed by atoms with E-state index in [1.165, 1.54) is 18.3 Å². The molecular weight excluding hydrogens is 364 g/mol. The van der Waals surface area contributed by atoms with Crippen LogP contribution in [-0.2, 0) is 9.53 Å². The Balaban J connectivity index is 1.95. The Morgan fingerprint density at radius 2 is 1.96 bits per heavy atom. The van der Waals surface area contributed by atoms with Crippen LogP contribution in [0.3, 0.4) is 0 Å². The Hall–Kier alpha value is -2.62. The van der Waals surface area contributed by atoms with Crippen LogP contribution < -0.4 is 5.32 Å². The van der Waals surface area contributed by atoms with Crippen LogP contribution in [-0.4, -0.2) is 29.2 Å². The summed E-state index contributed by atoms with van der Waals surface area (Å²) in [5.41, 5.74) is -0.247. The topological polar surface area (TPSA) is 68.3 Å². The van der Waals surface area contributed by atoms with E-state index in [4.69, 9.17) is 4.74 Å². The number of hydrogen-bond donors (Lipinski definition) is 1. The third-order valence-electron chi connectivity index (χ3n) is 2.73. The van der Waals surface area contributed by atoms with Crippen molar-refractivity contribution in [3.8, 4) is 0 Å². The number of amides is 1. The number of pyridine rings is 1. The minimum Gasteiger partial charge on any atom is -0.452 e. The zero-order valence-electron chi connectivity index (χ0n) is 12.3. The van der Waals surface area contributed by atoms with Gasteiger partial charge in [-0.2, -0.15) is 8.78 Å². The Bertz CT molecular complexity index is 789. The second-order valence-corrected chi connectivity index (χ2v) is 5.47. The monoisotopic (exact) mass is 374 g/mol. The lowest BCUT2D eigenvalue weighted by Crippen LogP contribution is -2.21. The second-order valence-electron chi connectivity index (χ2n) is 4.49. The van der Waals surface area contributed by atoms with Gasteiger partial charge in [0.25, 0.3) is 11.7 Å². The van der Waals surface area contributed by atoms with Gasteiger partial charge in [-0.05, 0) is 36.0 Å². The number of rotatable bonds is 6. The summed E-state index contributed by atoms with van der Waals surface area (Å²) >= 11 is 0.0702. The van der Waals surface area contributed by atoms with Gasteiger partial charge in [-0.3, -0.25) is 4.79 Å². The molecule has 2 aromatic rings. The minimum absolute atomic E-state index is 0.0322. The molecule has 25 heavy (non-hydrogen) atoms. The van der Waals surface area contributed by atoms with Crippen molar-refractivity contribution in [2.45, 2.75) is 10.8 Å². The molecule has 0 unspecified atom stereocenters. The predicted molar refractivity (Wildman–Crippen MR) is 81.4 cm³/mol. The Morgan fingerprint density at radius 3 is 2.64 bits per heavy atom. The molecule has 1 aromatic heterocycles. The van der Waals surface area contributed by atoms with Crippen molar-refractivity contribution in [2.24, 2.45) is 0 Å². The first-order valence-electron chi connectivity index (χ1n) is 6.68. The number of carbonyl (C=O) groups excluding carboxylic acids is 2. The Kier molecular flexibility index (Phi) is 6.34. The maximum absolute atomic E-state index is 13.0. The van der Waals surface area contributed by atoms with Gasteiger partial charge in [-0.25, -0.2) is 18.6 Å². The number of alkyl halides is 2. The summed E-state index contributed by atoms with van der Waals surface area (Å²) in [6.07, 6.45) is 1.23. The van der Waals surface area contributed by atoms with E-state index in [2.05, 4.69) is 10.3 Å². The van der Waals surface area contributed by atoms with Gasteiger partial charge in [-0.1, -0.05) is 0 Å². The minimum atomic E-state index is -2.78. The maximum atomic E-state index is 13.0. The zero-order valence-corrected chi connectivity index (χ0v) is 13.2. The third kappa shape index (κ3) is 5.45. The van der Waals surface area contributed by atoms with E-state index in [9.17, 15) is 27.2 Å². The SMILES string of the molecule is O=C(COC(=O)c1cccnc1SC(F)F)Nc1ccc(F)c(F)c1. The fraction of sp³-hybridized carbons (Fsp3) is 0.133. The maximum Gasteiger partial charge on any atom is 0.341 e. The van der Waals surface area contributed by atoms with E-state index >= 15 is 0 Å². The van der Waals surface area contributed by atoms with Crippen LogP contribution in [0.15, 0.2) is 41.6 Å². The molecule has 0 aliphatic heterocycles. The molecule has 1 heterocycles. The van der Waals surface area contributed by atoms with Crippen molar-refractivity contribution in [3.63, 3.8) is 0 Å². The van der Waals surface area contributed by atoms with E-state index in [0.29, 0.717) is 0 Å². The molecule has 0 atom stereocenters. The first kappa shape index (κ1) is 18.7. The number of carbonyl (C=O) groups is 2. The van der Waals surface area contributed by atoms with Crippen molar-refractivity contribution < 1.29 is 31.9 Å². The fourth-order valence-corrected chi connectivity index (χ4v) is 2.27. The average Bonchev–Trinajstić information content (AvgIpc) is 2.56. The molecule has 0 bridgehead atoms. The van der Waals surface area contributed by atoms with Crippen LogP contribution in [0.1, 0.15) is 10.4 Å². The van der Waals surface area contributed by atoms with E-state index in [-0.39, 0.29) is 28.0 Å². The van der Waals surface area contributed by atoms with E-state index in [0.717, 1.165) is 18.2 Å². The van der Waals surface area contributed by atoms with Crippen LogP contribution in [0.4, 0.5) is 23.2 Å². The highest BCUT2D eigenvalue weighted by atomic mass is 32.2. The molecule has 5 nitrogen and oxygen atoms in total. The summed E-state index contributed by atoms with van der Waals surface area (Å²) < 4.78 is 55.4. The summed E-state index contributed by atoms with van der Waals surface area (Å²) in [7, 11) is 0. The van der Waals surface area contributed by atoms with Gasteiger partial charge in [0.05, 0.1) is 5.56 Å². The van der Waals surface area contributed by atoms with Gasteiger partial charge in [0.1, 0.15) is 5.03 Å². The van der Waals surface area contributed by atoms with Crippen molar-refractivity contribution in [1.82, 2.24) is 4.98 Å². The highest BCUT2D eigenvalue weighted by Gasteiger charge is 2.18. The van der Waals surface area contributed by atoms with Gasteiger partial charge in [0.15, 0.2) is 18.2 Å². The number of thioether (sulfide) groups is 1. The average molecular weight is 374 g/mol. The largest absolute Gasteiger partial charge is 0.452 e. The molecule has 1 N–H and O–H groups in total. The van der Waals surface area contributed by atoms with E-state index in [1.807, 2.05) is 0 Å². The van der Waals surface area contributed by atoms with Crippen molar-refractivity contribution in [2.75, 3.05) is 11.9 Å². The number of benzene rings is 1. The van der Waals surface area contributed by atoms with E-state index in [1.54, 1.807) is 0 Å². The molecule has 0 aliphatic carbocycles. The number of hydrogen-bond acceptors (Lipinski definition) is 5. The number of anilines is 1. The standard InChI is InChI=1S/C15H10F4N2O3S/c16-10-4-3-8(6-11(10)17)21-12(22)7-24-14(23)9-2-1-5-20-13(9)25-15(18)19/h1-6,15H,7H2,(H,21,22). The normalized spacial score (nSPS) is 10.6. The van der Waals surface area contributed by atoms with Gasteiger partial charge in [0.2, 0.25) is 0 Å². The van der Waals surface area contributed by atoms with Gasteiger partial charge >= 0.3 is 5.97 Å². The third-order valence-corrected chi connectivity index (χ3v) is 3.46. The molecule has 1 amide bonds. The number of halogens is 4. The molecule has 0 aliphatic rings. The summed E-state index contributed by atoms with van der Waals surface area (Å²) in [6, 6.07) is 5.28. The molecule has 132 valence electrons.